The van der Waals surface area contributed by atoms with E-state index < -0.39 is 17.6 Å². The molecule has 0 aliphatic carbocycles. The van der Waals surface area contributed by atoms with Crippen molar-refractivity contribution in [1.29, 1.82) is 0 Å². The number of alkyl halides is 3. The number of carbonyl (C=O) groups excluding carboxylic acids is 1. The first-order chi connectivity index (χ1) is 14.8. The van der Waals surface area contributed by atoms with E-state index in [1.165, 1.54) is 37.7 Å². The highest BCUT2D eigenvalue weighted by Gasteiger charge is 2.35. The zero-order valence-corrected chi connectivity index (χ0v) is 16.6. The first kappa shape index (κ1) is 21.8. The Morgan fingerprint density at radius 1 is 1.10 bits per heavy atom. The van der Waals surface area contributed by atoms with Crippen LogP contribution < -0.4 is 15.4 Å². The summed E-state index contributed by atoms with van der Waals surface area (Å²) in [5.74, 6) is -0.348. The van der Waals surface area contributed by atoms with Crippen molar-refractivity contribution in [2.24, 2.45) is 0 Å². The normalized spacial score (nSPS) is 11.4. The Bertz CT molecular complexity index is 1120. The summed E-state index contributed by atoms with van der Waals surface area (Å²) < 4.78 is 45.5. The quantitative estimate of drug-likeness (QED) is 0.397. The number of nitrogens with zero attached hydrogens (tertiary/aromatic N) is 3. The molecule has 1 aromatic carbocycles. The van der Waals surface area contributed by atoms with Crippen LogP contribution in [0.2, 0.25) is 0 Å². The van der Waals surface area contributed by atoms with E-state index in [-0.39, 0.29) is 17.4 Å². The second kappa shape index (κ2) is 9.24. The molecule has 0 bridgehead atoms. The van der Waals surface area contributed by atoms with Crippen molar-refractivity contribution in [3.05, 3.63) is 72.2 Å². The lowest BCUT2D eigenvalue weighted by molar-refractivity contribution is -0.137. The molecule has 160 valence electrons. The third-order valence-corrected chi connectivity index (χ3v) is 4.03. The van der Waals surface area contributed by atoms with Gasteiger partial charge in [0.2, 0.25) is 5.95 Å². The summed E-state index contributed by atoms with van der Waals surface area (Å²) in [6.45, 7) is 1.70. The Morgan fingerprint density at radius 3 is 2.61 bits per heavy atom. The Morgan fingerprint density at radius 2 is 1.90 bits per heavy atom. The summed E-state index contributed by atoms with van der Waals surface area (Å²) in [6.07, 6.45) is 1.88. The minimum Gasteiger partial charge on any atom is -0.495 e. The number of aromatic nitrogens is 3. The predicted molar refractivity (Wildman–Crippen MR) is 110 cm³/mol. The monoisotopic (exact) mass is 429 g/mol. The number of anilines is 4. The molecule has 3 rings (SSSR count). The van der Waals surface area contributed by atoms with E-state index in [0.29, 0.717) is 23.2 Å². The van der Waals surface area contributed by atoms with Gasteiger partial charge in [-0.1, -0.05) is 18.2 Å². The lowest BCUT2D eigenvalue weighted by Crippen LogP contribution is -2.13. The highest BCUT2D eigenvalue weighted by molar-refractivity contribution is 6.05. The number of halogens is 3. The third kappa shape index (κ3) is 5.56. The number of allylic oxidation sites excluding steroid dienone is 2. The van der Waals surface area contributed by atoms with E-state index >= 15 is 0 Å². The standard InChI is InChI=1S/C21H18F3N5O2/c1-3-5-18(30)13-6-4-7-14(8-13)27-19-17(21(22,23)24)12-26-20(29-19)28-15-9-16(31-2)11-25-10-15/h3-12H,1-2H3,(H2,26,27,28,29). The molecule has 31 heavy (non-hydrogen) atoms. The Balaban J connectivity index is 1.94. The lowest BCUT2D eigenvalue weighted by Gasteiger charge is -2.15. The van der Waals surface area contributed by atoms with Gasteiger partial charge in [0, 0.05) is 23.5 Å². The van der Waals surface area contributed by atoms with Gasteiger partial charge in [0.15, 0.2) is 5.78 Å². The molecule has 2 aromatic heterocycles. The number of pyridine rings is 1. The minimum atomic E-state index is -4.68. The number of rotatable bonds is 7. The maximum Gasteiger partial charge on any atom is 0.421 e. The van der Waals surface area contributed by atoms with E-state index in [0.717, 1.165) is 0 Å². The van der Waals surface area contributed by atoms with Gasteiger partial charge in [-0.2, -0.15) is 18.2 Å². The second-order valence-electron chi connectivity index (χ2n) is 6.26. The molecule has 2 N–H and O–H groups in total. The molecule has 2 heterocycles. The van der Waals surface area contributed by atoms with Crippen LogP contribution in [0.5, 0.6) is 5.75 Å². The van der Waals surface area contributed by atoms with Crippen LogP contribution in [0, 0.1) is 0 Å². The van der Waals surface area contributed by atoms with E-state index in [2.05, 4.69) is 25.6 Å². The summed E-state index contributed by atoms with van der Waals surface area (Å²) in [6, 6.07) is 7.71. The molecule has 0 aliphatic rings. The van der Waals surface area contributed by atoms with Crippen LogP contribution in [0.15, 0.2) is 61.1 Å². The molecule has 0 saturated carbocycles. The van der Waals surface area contributed by atoms with Gasteiger partial charge in [-0.05, 0) is 25.1 Å². The van der Waals surface area contributed by atoms with Crippen LogP contribution in [0.3, 0.4) is 0 Å². The van der Waals surface area contributed by atoms with Gasteiger partial charge < -0.3 is 15.4 Å². The van der Waals surface area contributed by atoms with Crippen LogP contribution >= 0.6 is 0 Å². The highest BCUT2D eigenvalue weighted by Crippen LogP contribution is 2.35. The fourth-order valence-electron chi connectivity index (χ4n) is 2.61. The molecule has 0 radical (unpaired) electrons. The first-order valence-electron chi connectivity index (χ1n) is 9.04. The molecular formula is C21H18F3N5O2. The third-order valence-electron chi connectivity index (χ3n) is 4.03. The van der Waals surface area contributed by atoms with Crippen molar-refractivity contribution in [3.63, 3.8) is 0 Å². The molecular weight excluding hydrogens is 411 g/mol. The number of nitrogens with one attached hydrogen (secondary N) is 2. The average molecular weight is 429 g/mol. The Labute approximate surface area is 176 Å². The fraction of sp³-hybridized carbons (Fsp3) is 0.143. The van der Waals surface area contributed by atoms with Crippen molar-refractivity contribution in [3.8, 4) is 5.75 Å². The summed E-state index contributed by atoms with van der Waals surface area (Å²) in [5, 5.41) is 5.43. The molecule has 0 atom stereocenters. The number of hydrogen-bond donors (Lipinski definition) is 2. The van der Waals surface area contributed by atoms with Crippen molar-refractivity contribution in [2.45, 2.75) is 13.1 Å². The van der Waals surface area contributed by atoms with Crippen LogP contribution in [-0.2, 0) is 6.18 Å². The fourth-order valence-corrected chi connectivity index (χ4v) is 2.61. The summed E-state index contributed by atoms with van der Waals surface area (Å²) >= 11 is 0. The van der Waals surface area contributed by atoms with Crippen LogP contribution in [0.1, 0.15) is 22.8 Å². The predicted octanol–water partition coefficient (Wildman–Crippen LogP) is 5.15. The first-order valence-corrected chi connectivity index (χ1v) is 9.04. The molecule has 3 aromatic rings. The Hall–Kier alpha value is -3.95. The van der Waals surface area contributed by atoms with Crippen molar-refractivity contribution < 1.29 is 22.7 Å². The Kier molecular flexibility index (Phi) is 6.49. The van der Waals surface area contributed by atoms with Gasteiger partial charge in [0.25, 0.3) is 0 Å². The molecule has 7 nitrogen and oxygen atoms in total. The summed E-state index contributed by atoms with van der Waals surface area (Å²) in [5.41, 5.74) is -0.0175. The molecule has 10 heteroatoms. The lowest BCUT2D eigenvalue weighted by atomic mass is 10.1. The van der Waals surface area contributed by atoms with Crippen molar-refractivity contribution in [1.82, 2.24) is 15.0 Å². The zero-order chi connectivity index (χ0) is 22.4. The van der Waals surface area contributed by atoms with Crippen LogP contribution in [0.25, 0.3) is 0 Å². The molecule has 0 unspecified atom stereocenters. The smallest absolute Gasteiger partial charge is 0.421 e. The number of methoxy groups -OCH3 is 1. The number of carbonyl (C=O) groups is 1. The van der Waals surface area contributed by atoms with Crippen LogP contribution in [0.4, 0.5) is 36.3 Å². The van der Waals surface area contributed by atoms with Crippen molar-refractivity contribution >= 4 is 28.9 Å². The van der Waals surface area contributed by atoms with Gasteiger partial charge in [-0.25, -0.2) is 4.98 Å². The van der Waals surface area contributed by atoms with Gasteiger partial charge in [-0.3, -0.25) is 9.78 Å². The van der Waals surface area contributed by atoms with E-state index in [1.54, 1.807) is 31.2 Å². The number of benzene rings is 1. The maximum absolute atomic E-state index is 13.5. The van der Waals surface area contributed by atoms with Gasteiger partial charge in [0.05, 0.1) is 25.2 Å². The van der Waals surface area contributed by atoms with Gasteiger partial charge in [0.1, 0.15) is 17.1 Å². The van der Waals surface area contributed by atoms with Gasteiger partial charge in [-0.15, -0.1) is 0 Å². The molecule has 0 amide bonds. The molecule has 0 fully saturated rings. The van der Waals surface area contributed by atoms with Gasteiger partial charge >= 0.3 is 6.18 Å². The summed E-state index contributed by atoms with van der Waals surface area (Å²) in [4.78, 5) is 23.7. The van der Waals surface area contributed by atoms with E-state index in [9.17, 15) is 18.0 Å². The average Bonchev–Trinajstić information content (AvgIpc) is 2.73. The van der Waals surface area contributed by atoms with E-state index in [1.807, 2.05) is 0 Å². The SMILES string of the molecule is CC=CC(=O)c1cccc(Nc2nc(Nc3cncc(OC)c3)ncc2C(F)(F)F)c1. The molecule has 0 spiro atoms. The molecule has 0 saturated heterocycles. The molecule has 0 aliphatic heterocycles. The maximum atomic E-state index is 13.5. The number of hydrogen-bond acceptors (Lipinski definition) is 7. The topological polar surface area (TPSA) is 89.0 Å². The number of ether oxygens (including phenoxy) is 1. The van der Waals surface area contributed by atoms with Crippen LogP contribution in [-0.4, -0.2) is 27.8 Å². The van der Waals surface area contributed by atoms with E-state index in [4.69, 9.17) is 4.74 Å². The summed E-state index contributed by atoms with van der Waals surface area (Å²) in [7, 11) is 1.46. The second-order valence-corrected chi connectivity index (χ2v) is 6.26. The number of ketones is 1. The minimum absolute atomic E-state index is 0.0771. The largest absolute Gasteiger partial charge is 0.495 e. The zero-order valence-electron chi connectivity index (χ0n) is 16.6. The van der Waals surface area contributed by atoms with Crippen molar-refractivity contribution in [2.75, 3.05) is 17.7 Å². The highest BCUT2D eigenvalue weighted by atomic mass is 19.4.